The van der Waals surface area contributed by atoms with Crippen LogP contribution in [0.2, 0.25) is 0 Å². The van der Waals surface area contributed by atoms with Crippen LogP contribution in [0.15, 0.2) is 255 Å². The molecule has 2 nitrogen and oxygen atoms in total. The number of hydrogen-bond donors (Lipinski definition) is 0. The number of anilines is 3. The Morgan fingerprint density at radius 2 is 0.972 bits per heavy atom. The van der Waals surface area contributed by atoms with Crippen molar-refractivity contribution < 1.29 is 0 Å². The lowest BCUT2D eigenvalue weighted by atomic mass is 9.68. The van der Waals surface area contributed by atoms with E-state index in [1.54, 1.807) is 0 Å². The van der Waals surface area contributed by atoms with Crippen LogP contribution in [0.4, 0.5) is 17.1 Å². The first-order chi connectivity index (χ1) is 35.5. The van der Waals surface area contributed by atoms with Gasteiger partial charge in [-0.3, -0.25) is 0 Å². The van der Waals surface area contributed by atoms with E-state index in [1.807, 2.05) is 0 Å². The molecule has 14 rings (SSSR count). The van der Waals surface area contributed by atoms with E-state index >= 15 is 0 Å². The molecule has 0 saturated carbocycles. The number of allylic oxidation sites excluding steroid dienone is 4. The van der Waals surface area contributed by atoms with Crippen LogP contribution in [0.25, 0.3) is 66.4 Å². The van der Waals surface area contributed by atoms with Crippen molar-refractivity contribution in [3.05, 3.63) is 294 Å². The molecule has 0 amide bonds. The molecule has 0 unspecified atom stereocenters. The Bertz CT molecular complexity index is 3940. The van der Waals surface area contributed by atoms with Gasteiger partial charge < -0.3 is 9.47 Å². The van der Waals surface area contributed by atoms with Crippen LogP contribution in [0.5, 0.6) is 0 Å². The molecule has 1 aromatic heterocycles. The van der Waals surface area contributed by atoms with Crippen molar-refractivity contribution in [2.24, 2.45) is 0 Å². The fourth-order valence-electron chi connectivity index (χ4n) is 12.7. The summed E-state index contributed by atoms with van der Waals surface area (Å²) in [5.41, 5.74) is 24.5. The number of hydrogen-bond acceptors (Lipinski definition) is 1. The summed E-state index contributed by atoms with van der Waals surface area (Å²) in [7, 11) is 0. The van der Waals surface area contributed by atoms with E-state index in [4.69, 9.17) is 0 Å². The molecule has 72 heavy (non-hydrogen) atoms. The zero-order valence-electron chi connectivity index (χ0n) is 40.6. The van der Waals surface area contributed by atoms with Crippen molar-refractivity contribution in [2.75, 3.05) is 4.90 Å². The predicted molar refractivity (Wildman–Crippen MR) is 302 cm³/mol. The van der Waals surface area contributed by atoms with Gasteiger partial charge in [-0.05, 0) is 164 Å². The fraction of sp³-hybridized carbons (Fsp3) is 0.0857. The first kappa shape index (κ1) is 42.2. The summed E-state index contributed by atoms with van der Waals surface area (Å²) < 4.78 is 2.38. The van der Waals surface area contributed by atoms with Gasteiger partial charge in [-0.1, -0.05) is 196 Å². The SMILES string of the molecule is CC1(C)c2cc(C3=CC=CCC3)ccc2-c2ccc(N(c3ccc(-c4ccc5c(c4)c4ccccc4n5-c4ccccc4)cc3)c3ccc4c(c3)-c3ccccc3C4(c3ccccc3)c3ccccc3)cc21. The Hall–Kier alpha value is -8.72. The summed E-state index contributed by atoms with van der Waals surface area (Å²) in [4.78, 5) is 2.48. The minimum atomic E-state index is -0.472. The van der Waals surface area contributed by atoms with Gasteiger partial charge in [-0.2, -0.15) is 0 Å². The lowest BCUT2D eigenvalue weighted by Gasteiger charge is -2.34. The topological polar surface area (TPSA) is 8.17 Å². The van der Waals surface area contributed by atoms with E-state index < -0.39 is 5.41 Å². The Morgan fingerprint density at radius 1 is 0.403 bits per heavy atom. The minimum absolute atomic E-state index is 0.193. The Labute approximate surface area is 422 Å². The number of nitrogens with zero attached hydrogens (tertiary/aromatic N) is 2. The van der Waals surface area contributed by atoms with E-state index in [9.17, 15) is 0 Å². The molecule has 10 aromatic carbocycles. The number of aromatic nitrogens is 1. The lowest BCUT2D eigenvalue weighted by molar-refractivity contribution is 0.660. The minimum Gasteiger partial charge on any atom is -0.310 e. The average Bonchev–Trinajstić information content (AvgIpc) is 4.02. The van der Waals surface area contributed by atoms with Crippen molar-refractivity contribution in [3.63, 3.8) is 0 Å². The third kappa shape index (κ3) is 6.35. The van der Waals surface area contributed by atoms with E-state index in [-0.39, 0.29) is 5.41 Å². The fourth-order valence-corrected chi connectivity index (χ4v) is 12.7. The average molecular weight is 921 g/mol. The second kappa shape index (κ2) is 16.4. The third-order valence-electron chi connectivity index (χ3n) is 16.1. The highest BCUT2D eigenvalue weighted by Gasteiger charge is 2.46. The van der Waals surface area contributed by atoms with Gasteiger partial charge in [-0.15, -0.1) is 0 Å². The summed E-state index contributed by atoms with van der Waals surface area (Å²) in [6.07, 6.45) is 8.95. The van der Waals surface area contributed by atoms with Gasteiger partial charge in [-0.25, -0.2) is 0 Å². The molecule has 0 spiro atoms. The number of rotatable bonds is 8. The maximum atomic E-state index is 2.48. The van der Waals surface area contributed by atoms with Crippen molar-refractivity contribution in [1.29, 1.82) is 0 Å². The largest absolute Gasteiger partial charge is 0.310 e. The lowest BCUT2D eigenvalue weighted by Crippen LogP contribution is -2.28. The Morgan fingerprint density at radius 3 is 1.72 bits per heavy atom. The van der Waals surface area contributed by atoms with Gasteiger partial charge in [0.2, 0.25) is 0 Å². The van der Waals surface area contributed by atoms with Crippen LogP contribution in [-0.2, 0) is 10.8 Å². The van der Waals surface area contributed by atoms with Crippen LogP contribution >= 0.6 is 0 Å². The third-order valence-corrected chi connectivity index (χ3v) is 16.1. The molecule has 0 saturated heterocycles. The molecule has 2 heteroatoms. The second-order valence-corrected chi connectivity index (χ2v) is 20.3. The molecule has 0 bridgehead atoms. The monoisotopic (exact) mass is 920 g/mol. The molecule has 342 valence electrons. The molecule has 0 radical (unpaired) electrons. The maximum absolute atomic E-state index is 2.48. The highest BCUT2D eigenvalue weighted by Crippen LogP contribution is 2.58. The highest BCUT2D eigenvalue weighted by molar-refractivity contribution is 6.10. The van der Waals surface area contributed by atoms with Gasteiger partial charge in [0.1, 0.15) is 0 Å². The van der Waals surface area contributed by atoms with Crippen LogP contribution < -0.4 is 4.90 Å². The predicted octanol–water partition coefficient (Wildman–Crippen LogP) is 18.3. The van der Waals surface area contributed by atoms with Crippen LogP contribution in [-0.4, -0.2) is 4.57 Å². The molecule has 0 fully saturated rings. The first-order valence-corrected chi connectivity index (χ1v) is 25.5. The van der Waals surface area contributed by atoms with Gasteiger partial charge in [0, 0.05) is 38.9 Å². The molecule has 1 heterocycles. The molecule has 3 aliphatic rings. The Kier molecular flexibility index (Phi) is 9.63. The standard InChI is InChI=1S/C70H52N2/c1-69(2)65-44-50(47-19-7-3-8-20-47)33-39-58(65)59-40-37-56(46-66(59)69)71(54-35-31-48(32-36-54)49-34-42-68-62(43-49)60-28-16-18-30-67(60)72(68)53-25-13-6-14-26-53)55-38-41-64-61(45-55)57-27-15-17-29-63(57)70(64,51-21-9-4-10-22-51)52-23-11-5-12-24-52/h3-7,9-19,21-46H,8,20H2,1-2H3. The first-order valence-electron chi connectivity index (χ1n) is 25.5. The molecule has 11 aromatic rings. The van der Waals surface area contributed by atoms with E-state index in [1.165, 1.54) is 105 Å². The normalized spacial score (nSPS) is 14.7. The molecule has 3 aliphatic carbocycles. The van der Waals surface area contributed by atoms with Crippen molar-refractivity contribution >= 4 is 44.4 Å². The smallest absolute Gasteiger partial charge is 0.0713 e. The highest BCUT2D eigenvalue weighted by atomic mass is 15.1. The molecule has 0 N–H and O–H groups in total. The van der Waals surface area contributed by atoms with Crippen LogP contribution in [0.3, 0.4) is 0 Å². The zero-order chi connectivity index (χ0) is 48.0. The second-order valence-electron chi connectivity index (χ2n) is 20.3. The summed E-state index contributed by atoms with van der Waals surface area (Å²) in [6.45, 7) is 4.82. The summed E-state index contributed by atoms with van der Waals surface area (Å²) in [5, 5.41) is 2.50. The van der Waals surface area contributed by atoms with E-state index in [2.05, 4.69) is 278 Å². The Balaban J connectivity index is 0.927. The maximum Gasteiger partial charge on any atom is 0.0713 e. The number of para-hydroxylation sites is 2. The molecular formula is C70H52N2. The van der Waals surface area contributed by atoms with Gasteiger partial charge in [0.25, 0.3) is 0 Å². The van der Waals surface area contributed by atoms with Crippen LogP contribution in [0, 0.1) is 0 Å². The summed E-state index contributed by atoms with van der Waals surface area (Å²) in [5.74, 6) is 0. The van der Waals surface area contributed by atoms with Crippen LogP contribution in [0.1, 0.15) is 65.6 Å². The summed E-state index contributed by atoms with van der Waals surface area (Å²) in [6, 6.07) is 88.5. The van der Waals surface area contributed by atoms with Gasteiger partial charge in [0.15, 0.2) is 0 Å². The number of benzene rings is 10. The van der Waals surface area contributed by atoms with E-state index in [0.29, 0.717) is 0 Å². The van der Waals surface area contributed by atoms with E-state index in [0.717, 1.165) is 29.9 Å². The molecule has 0 aliphatic heterocycles. The number of fused-ring (bicyclic) bond motifs is 9. The van der Waals surface area contributed by atoms with Crippen molar-refractivity contribution in [1.82, 2.24) is 4.57 Å². The van der Waals surface area contributed by atoms with Gasteiger partial charge in [0.05, 0.1) is 16.4 Å². The quantitative estimate of drug-likeness (QED) is 0.147. The zero-order valence-corrected chi connectivity index (χ0v) is 40.6. The molecule has 0 atom stereocenters. The van der Waals surface area contributed by atoms with Gasteiger partial charge >= 0.3 is 0 Å². The molecular weight excluding hydrogens is 869 g/mol. The van der Waals surface area contributed by atoms with Crippen molar-refractivity contribution in [3.8, 4) is 39.1 Å². The summed E-state index contributed by atoms with van der Waals surface area (Å²) >= 11 is 0. The van der Waals surface area contributed by atoms with Crippen molar-refractivity contribution in [2.45, 2.75) is 37.5 Å².